The first-order chi connectivity index (χ1) is 20.6. The molecule has 5 aromatic rings. The van der Waals surface area contributed by atoms with E-state index >= 15 is 0 Å². The quantitative estimate of drug-likeness (QED) is 0.100. The van der Waals surface area contributed by atoms with E-state index in [0.29, 0.717) is 18.1 Å². The van der Waals surface area contributed by atoms with Gasteiger partial charge >= 0.3 is 6.16 Å². The largest absolute Gasteiger partial charge is 0.511 e. The molecule has 0 atom stereocenters. The first-order valence-electron chi connectivity index (χ1n) is 14.2. The molecule has 1 aliphatic heterocycles. The standard InChI is InChI=1S/C33H33N3O5S/c37-33(38)41-30-8-2-1-6-25(30)23-40-32-13-11-24-10-12-26(22-28(24)34-32)39-20-4-3-15-35-16-18-36(19-17-35)29-7-5-9-31-27(29)14-21-42-31/h1-2,5-14,21-22H,3-4,15-20,23H2,(H,37,38). The minimum atomic E-state index is -1.36. The zero-order chi connectivity index (χ0) is 28.7. The smallest absolute Gasteiger partial charge is 0.494 e. The van der Waals surface area contributed by atoms with Crippen molar-refractivity contribution in [2.45, 2.75) is 19.4 Å². The summed E-state index contributed by atoms with van der Waals surface area (Å²) >= 11 is 1.81. The fourth-order valence-corrected chi connectivity index (χ4v) is 6.12. The molecule has 42 heavy (non-hydrogen) atoms. The van der Waals surface area contributed by atoms with Crippen LogP contribution >= 0.6 is 11.3 Å². The van der Waals surface area contributed by atoms with Crippen LogP contribution in [0.2, 0.25) is 0 Å². The third-order valence-electron chi connectivity index (χ3n) is 7.51. The Morgan fingerprint density at radius 1 is 0.905 bits per heavy atom. The number of benzene rings is 3. The lowest BCUT2D eigenvalue weighted by Gasteiger charge is -2.36. The highest BCUT2D eigenvalue weighted by atomic mass is 32.1. The summed E-state index contributed by atoms with van der Waals surface area (Å²) in [5.41, 5.74) is 2.76. The molecule has 6 rings (SSSR count). The molecule has 0 aliphatic carbocycles. The van der Waals surface area contributed by atoms with Crippen LogP contribution in [0.3, 0.4) is 0 Å². The molecule has 8 nitrogen and oxygen atoms in total. The first-order valence-corrected chi connectivity index (χ1v) is 15.1. The van der Waals surface area contributed by atoms with E-state index in [1.807, 2.05) is 24.3 Å². The average Bonchev–Trinajstić information content (AvgIpc) is 3.50. The summed E-state index contributed by atoms with van der Waals surface area (Å²) in [7, 11) is 0. The van der Waals surface area contributed by atoms with E-state index in [-0.39, 0.29) is 12.4 Å². The summed E-state index contributed by atoms with van der Waals surface area (Å²) in [6, 6.07) is 25.4. The number of anilines is 1. The predicted molar refractivity (Wildman–Crippen MR) is 166 cm³/mol. The predicted octanol–water partition coefficient (Wildman–Crippen LogP) is 7.07. The van der Waals surface area contributed by atoms with Crippen LogP contribution < -0.4 is 19.1 Å². The molecule has 1 fully saturated rings. The van der Waals surface area contributed by atoms with E-state index < -0.39 is 6.16 Å². The van der Waals surface area contributed by atoms with Crippen molar-refractivity contribution in [2.24, 2.45) is 0 Å². The molecule has 1 aliphatic rings. The maximum Gasteiger partial charge on any atom is 0.511 e. The summed E-state index contributed by atoms with van der Waals surface area (Å²) in [6.45, 7) is 6.16. The van der Waals surface area contributed by atoms with E-state index in [1.165, 1.54) is 15.8 Å². The molecule has 0 saturated carbocycles. The Morgan fingerprint density at radius 3 is 2.64 bits per heavy atom. The van der Waals surface area contributed by atoms with Gasteiger partial charge in [0, 0.05) is 65.0 Å². The van der Waals surface area contributed by atoms with Crippen molar-refractivity contribution in [3.8, 4) is 17.4 Å². The molecule has 216 valence electrons. The van der Waals surface area contributed by atoms with Crippen LogP contribution in [-0.2, 0) is 6.61 Å². The highest BCUT2D eigenvalue weighted by Crippen LogP contribution is 2.31. The highest BCUT2D eigenvalue weighted by molar-refractivity contribution is 7.17. The Morgan fingerprint density at radius 2 is 1.76 bits per heavy atom. The van der Waals surface area contributed by atoms with Gasteiger partial charge in [0.1, 0.15) is 18.1 Å². The Bertz CT molecular complexity index is 1660. The van der Waals surface area contributed by atoms with Gasteiger partial charge in [0.05, 0.1) is 12.1 Å². The van der Waals surface area contributed by atoms with Crippen molar-refractivity contribution >= 4 is 44.2 Å². The third-order valence-corrected chi connectivity index (χ3v) is 8.39. The Hall–Kier alpha value is -4.34. The minimum absolute atomic E-state index is 0.137. The van der Waals surface area contributed by atoms with Crippen LogP contribution in [-0.4, -0.2) is 60.5 Å². The number of aromatic nitrogens is 1. The summed E-state index contributed by atoms with van der Waals surface area (Å²) in [4.78, 5) is 20.6. The number of carbonyl (C=O) groups is 1. The molecule has 3 heterocycles. The highest BCUT2D eigenvalue weighted by Gasteiger charge is 2.18. The van der Waals surface area contributed by atoms with Gasteiger partial charge in [-0.2, -0.15) is 0 Å². The van der Waals surface area contributed by atoms with E-state index in [0.717, 1.165) is 62.2 Å². The number of carboxylic acid groups (broad SMARTS) is 1. The molecule has 0 spiro atoms. The lowest BCUT2D eigenvalue weighted by Crippen LogP contribution is -2.46. The number of para-hydroxylation sites is 1. The number of piperazine rings is 1. The summed E-state index contributed by atoms with van der Waals surface area (Å²) < 4.78 is 18.1. The summed E-state index contributed by atoms with van der Waals surface area (Å²) in [5.74, 6) is 1.47. The van der Waals surface area contributed by atoms with Gasteiger partial charge < -0.3 is 24.2 Å². The van der Waals surface area contributed by atoms with Gasteiger partial charge in [-0.15, -0.1) is 11.3 Å². The number of hydrogen-bond acceptors (Lipinski definition) is 8. The fourth-order valence-electron chi connectivity index (χ4n) is 5.31. The van der Waals surface area contributed by atoms with E-state index in [9.17, 15) is 4.79 Å². The molecule has 3 aromatic carbocycles. The van der Waals surface area contributed by atoms with Crippen molar-refractivity contribution < 1.29 is 24.1 Å². The molecule has 0 bridgehead atoms. The number of fused-ring (bicyclic) bond motifs is 2. The van der Waals surface area contributed by atoms with Crippen molar-refractivity contribution in [3.05, 3.63) is 89.8 Å². The SMILES string of the molecule is O=C(O)Oc1ccccc1COc1ccc2ccc(OCCCCN3CCN(c4cccc5sccc45)CC3)cc2n1. The number of hydrogen-bond donors (Lipinski definition) is 1. The first kappa shape index (κ1) is 27.8. The third kappa shape index (κ3) is 6.75. The molecule has 1 N–H and O–H groups in total. The second kappa shape index (κ2) is 13.1. The lowest BCUT2D eigenvalue weighted by molar-refractivity contribution is 0.143. The molecular weight excluding hydrogens is 550 g/mol. The number of thiophene rings is 1. The lowest BCUT2D eigenvalue weighted by atomic mass is 10.2. The Labute approximate surface area is 248 Å². The van der Waals surface area contributed by atoms with E-state index in [1.54, 1.807) is 41.7 Å². The monoisotopic (exact) mass is 583 g/mol. The van der Waals surface area contributed by atoms with Crippen LogP contribution in [0.1, 0.15) is 18.4 Å². The number of unbranched alkanes of at least 4 members (excludes halogenated alkanes) is 1. The number of pyridine rings is 1. The van der Waals surface area contributed by atoms with Crippen LogP contribution in [0, 0.1) is 0 Å². The van der Waals surface area contributed by atoms with Gasteiger partial charge in [-0.05, 0) is 67.2 Å². The normalized spacial score (nSPS) is 13.9. The van der Waals surface area contributed by atoms with Gasteiger partial charge in [0.25, 0.3) is 0 Å². The molecule has 0 unspecified atom stereocenters. The minimum Gasteiger partial charge on any atom is -0.494 e. The van der Waals surface area contributed by atoms with Crippen molar-refractivity contribution in [3.63, 3.8) is 0 Å². The summed E-state index contributed by atoms with van der Waals surface area (Å²) in [6.07, 6.45) is 0.720. The van der Waals surface area contributed by atoms with Crippen LogP contribution in [0.4, 0.5) is 10.5 Å². The zero-order valence-corrected chi connectivity index (χ0v) is 24.1. The van der Waals surface area contributed by atoms with E-state index in [2.05, 4.69) is 44.4 Å². The molecule has 0 radical (unpaired) electrons. The number of ether oxygens (including phenoxy) is 3. The fraction of sp³-hybridized carbons (Fsp3) is 0.273. The van der Waals surface area contributed by atoms with Crippen LogP contribution in [0.15, 0.2) is 84.2 Å². The molecular formula is C33H33N3O5S. The van der Waals surface area contributed by atoms with Gasteiger partial charge in [-0.3, -0.25) is 4.90 Å². The van der Waals surface area contributed by atoms with Gasteiger partial charge in [-0.1, -0.05) is 24.3 Å². The average molecular weight is 584 g/mol. The van der Waals surface area contributed by atoms with Crippen LogP contribution in [0.5, 0.6) is 17.4 Å². The topological polar surface area (TPSA) is 84.4 Å². The Balaban J connectivity index is 0.950. The number of rotatable bonds is 11. The summed E-state index contributed by atoms with van der Waals surface area (Å²) in [5, 5.41) is 13.5. The molecule has 0 amide bonds. The molecule has 9 heteroatoms. The van der Waals surface area contributed by atoms with Gasteiger partial charge in [0.15, 0.2) is 0 Å². The van der Waals surface area contributed by atoms with Crippen LogP contribution in [0.25, 0.3) is 21.0 Å². The maximum atomic E-state index is 10.9. The second-order valence-corrected chi connectivity index (χ2v) is 11.2. The number of nitrogens with zero attached hydrogens (tertiary/aromatic N) is 3. The maximum absolute atomic E-state index is 10.9. The van der Waals surface area contributed by atoms with Crippen molar-refractivity contribution in [2.75, 3.05) is 44.2 Å². The van der Waals surface area contributed by atoms with Crippen molar-refractivity contribution in [1.29, 1.82) is 0 Å². The van der Waals surface area contributed by atoms with Gasteiger partial charge in [0.2, 0.25) is 5.88 Å². The second-order valence-electron chi connectivity index (χ2n) is 10.3. The zero-order valence-electron chi connectivity index (χ0n) is 23.3. The Kier molecular flexibility index (Phi) is 8.67. The van der Waals surface area contributed by atoms with E-state index in [4.69, 9.17) is 19.3 Å². The molecule has 2 aromatic heterocycles. The molecule has 1 saturated heterocycles. The van der Waals surface area contributed by atoms with Crippen molar-refractivity contribution in [1.82, 2.24) is 9.88 Å². The van der Waals surface area contributed by atoms with Gasteiger partial charge in [-0.25, -0.2) is 9.78 Å².